The Bertz CT molecular complexity index is 540. The van der Waals surface area contributed by atoms with Crippen LogP contribution >= 0.6 is 0 Å². The fourth-order valence-corrected chi connectivity index (χ4v) is 4.13. The van der Waals surface area contributed by atoms with E-state index in [0.717, 1.165) is 24.0 Å². The van der Waals surface area contributed by atoms with Crippen molar-refractivity contribution >= 4 is 5.78 Å². The molecular weight excluding hydrogens is 304 g/mol. The lowest BCUT2D eigenvalue weighted by Gasteiger charge is -2.44. The van der Waals surface area contributed by atoms with E-state index in [4.69, 9.17) is 9.47 Å². The molecule has 0 aromatic carbocycles. The first kappa shape index (κ1) is 18.9. The summed E-state index contributed by atoms with van der Waals surface area (Å²) in [6, 6.07) is 0. The number of rotatable bonds is 7. The zero-order chi connectivity index (χ0) is 17.9. The molecule has 0 bridgehead atoms. The summed E-state index contributed by atoms with van der Waals surface area (Å²) in [5, 5.41) is 10.3. The number of Topliss-reactive ketones (excluding diaryl/α,β-unsaturated/α-hetero) is 1. The third-order valence-corrected chi connectivity index (χ3v) is 5.19. The highest BCUT2D eigenvalue weighted by Crippen LogP contribution is 2.49. The van der Waals surface area contributed by atoms with Crippen molar-refractivity contribution in [3.05, 3.63) is 35.6 Å². The van der Waals surface area contributed by atoms with E-state index in [9.17, 15) is 9.90 Å². The SMILES string of the molecule is C=C(C)C1CCC(=C)C(C2=C(O)CCC2=O)C1C(OCC)OCC. The monoisotopic (exact) mass is 334 g/mol. The molecule has 4 heteroatoms. The van der Waals surface area contributed by atoms with Crippen molar-refractivity contribution in [2.75, 3.05) is 13.2 Å². The maximum atomic E-state index is 12.4. The van der Waals surface area contributed by atoms with E-state index in [1.807, 2.05) is 20.8 Å². The van der Waals surface area contributed by atoms with Gasteiger partial charge in [0, 0.05) is 43.5 Å². The molecule has 1 fully saturated rings. The molecule has 0 aliphatic heterocycles. The molecule has 2 aliphatic rings. The summed E-state index contributed by atoms with van der Waals surface area (Å²) < 4.78 is 11.8. The standard InChI is InChI=1S/C20H30O4/c1-6-23-20(24-7-2)18-14(12(3)4)9-8-13(5)17(18)19-15(21)10-11-16(19)22/h14,17-18,20-21H,3,5-11H2,1-2,4H3. The molecule has 0 aromatic rings. The van der Waals surface area contributed by atoms with Gasteiger partial charge in [-0.25, -0.2) is 0 Å². The largest absolute Gasteiger partial charge is 0.512 e. The van der Waals surface area contributed by atoms with E-state index in [1.165, 1.54) is 0 Å². The van der Waals surface area contributed by atoms with Crippen LogP contribution in [0.15, 0.2) is 35.6 Å². The molecule has 2 rings (SSSR count). The van der Waals surface area contributed by atoms with Crippen molar-refractivity contribution in [3.63, 3.8) is 0 Å². The molecule has 24 heavy (non-hydrogen) atoms. The minimum Gasteiger partial charge on any atom is -0.512 e. The summed E-state index contributed by atoms with van der Waals surface area (Å²) in [7, 11) is 0. The van der Waals surface area contributed by atoms with Gasteiger partial charge >= 0.3 is 0 Å². The number of hydrogen-bond acceptors (Lipinski definition) is 4. The van der Waals surface area contributed by atoms with Crippen LogP contribution in [-0.4, -0.2) is 30.4 Å². The Morgan fingerprint density at radius 3 is 2.33 bits per heavy atom. The summed E-state index contributed by atoms with van der Waals surface area (Å²) >= 11 is 0. The van der Waals surface area contributed by atoms with Gasteiger partial charge in [-0.2, -0.15) is 0 Å². The first-order valence-corrected chi connectivity index (χ1v) is 8.93. The zero-order valence-electron chi connectivity index (χ0n) is 15.1. The average Bonchev–Trinajstić information content (AvgIpc) is 2.85. The molecule has 4 nitrogen and oxygen atoms in total. The summed E-state index contributed by atoms with van der Waals surface area (Å²) in [4.78, 5) is 12.4. The fourth-order valence-electron chi connectivity index (χ4n) is 4.13. The van der Waals surface area contributed by atoms with Crippen molar-refractivity contribution < 1.29 is 19.4 Å². The zero-order valence-corrected chi connectivity index (χ0v) is 15.1. The number of ether oxygens (including phenoxy) is 2. The smallest absolute Gasteiger partial charge is 0.163 e. The lowest BCUT2D eigenvalue weighted by Crippen LogP contribution is -2.43. The van der Waals surface area contributed by atoms with Crippen molar-refractivity contribution in [1.82, 2.24) is 0 Å². The second kappa shape index (κ2) is 8.13. The van der Waals surface area contributed by atoms with Crippen LogP contribution in [-0.2, 0) is 14.3 Å². The van der Waals surface area contributed by atoms with Crippen LogP contribution < -0.4 is 0 Å². The van der Waals surface area contributed by atoms with Crippen molar-refractivity contribution in [2.45, 2.75) is 52.7 Å². The first-order valence-electron chi connectivity index (χ1n) is 8.93. The molecule has 0 saturated heterocycles. The molecule has 0 aromatic heterocycles. The molecule has 3 unspecified atom stereocenters. The van der Waals surface area contributed by atoms with Crippen LogP contribution in [0.3, 0.4) is 0 Å². The highest BCUT2D eigenvalue weighted by atomic mass is 16.7. The van der Waals surface area contributed by atoms with Gasteiger partial charge < -0.3 is 14.6 Å². The van der Waals surface area contributed by atoms with E-state index in [1.54, 1.807) is 0 Å². The van der Waals surface area contributed by atoms with Crippen LogP contribution in [0, 0.1) is 17.8 Å². The van der Waals surface area contributed by atoms with Gasteiger partial charge in [0.2, 0.25) is 0 Å². The number of carbonyl (C=O) groups is 1. The maximum absolute atomic E-state index is 12.4. The molecule has 0 amide bonds. The summed E-state index contributed by atoms with van der Waals surface area (Å²) in [6.07, 6.45) is 2.12. The predicted octanol–water partition coefficient (Wildman–Crippen LogP) is 4.34. The second-order valence-corrected chi connectivity index (χ2v) is 6.77. The number of aliphatic hydroxyl groups is 1. The maximum Gasteiger partial charge on any atom is 0.163 e. The van der Waals surface area contributed by atoms with Gasteiger partial charge in [0.1, 0.15) is 5.76 Å². The first-order chi connectivity index (χ1) is 11.4. The normalized spacial score (nSPS) is 28.1. The van der Waals surface area contributed by atoms with E-state index < -0.39 is 6.29 Å². The molecule has 0 radical (unpaired) electrons. The lowest BCUT2D eigenvalue weighted by molar-refractivity contribution is -0.184. The molecule has 134 valence electrons. The number of carbonyl (C=O) groups excluding carboxylic acids is 1. The van der Waals surface area contributed by atoms with Crippen LogP contribution in [0.1, 0.15) is 46.5 Å². The van der Waals surface area contributed by atoms with Crippen LogP contribution in [0.25, 0.3) is 0 Å². The van der Waals surface area contributed by atoms with E-state index in [2.05, 4.69) is 13.2 Å². The third kappa shape index (κ3) is 3.65. The summed E-state index contributed by atoms with van der Waals surface area (Å²) in [5.41, 5.74) is 2.58. The Kier molecular flexibility index (Phi) is 6.41. The number of hydrogen-bond donors (Lipinski definition) is 1. The van der Waals surface area contributed by atoms with Gasteiger partial charge in [0.15, 0.2) is 12.1 Å². The highest BCUT2D eigenvalue weighted by Gasteiger charge is 2.46. The predicted molar refractivity (Wildman–Crippen MR) is 94.6 cm³/mol. The Balaban J connectivity index is 2.48. The Morgan fingerprint density at radius 1 is 1.25 bits per heavy atom. The van der Waals surface area contributed by atoms with Gasteiger partial charge in [-0.3, -0.25) is 4.79 Å². The second-order valence-electron chi connectivity index (χ2n) is 6.77. The molecule has 1 N–H and O–H groups in total. The third-order valence-electron chi connectivity index (χ3n) is 5.19. The lowest BCUT2D eigenvalue weighted by atomic mass is 9.64. The van der Waals surface area contributed by atoms with Gasteiger partial charge in [-0.15, -0.1) is 0 Å². The molecule has 1 saturated carbocycles. The average molecular weight is 334 g/mol. The fraction of sp³-hybridized carbons (Fsp3) is 0.650. The molecule has 2 aliphatic carbocycles. The van der Waals surface area contributed by atoms with Crippen molar-refractivity contribution in [1.29, 1.82) is 0 Å². The van der Waals surface area contributed by atoms with E-state index in [0.29, 0.717) is 31.6 Å². The van der Waals surface area contributed by atoms with Crippen LogP contribution in [0.5, 0.6) is 0 Å². The Labute approximate surface area is 145 Å². The molecule has 0 heterocycles. The molecular formula is C20H30O4. The Morgan fingerprint density at radius 2 is 1.88 bits per heavy atom. The minimum absolute atomic E-state index is 0.0257. The van der Waals surface area contributed by atoms with Gasteiger partial charge in [-0.1, -0.05) is 24.3 Å². The van der Waals surface area contributed by atoms with Crippen molar-refractivity contribution in [3.8, 4) is 0 Å². The number of allylic oxidation sites excluding steroid dienone is 4. The summed E-state index contributed by atoms with van der Waals surface area (Å²) in [5.74, 6) is 0.113. The quantitative estimate of drug-likeness (QED) is 0.556. The number of aliphatic hydroxyl groups excluding tert-OH is 1. The van der Waals surface area contributed by atoms with Crippen molar-refractivity contribution in [2.24, 2.45) is 17.8 Å². The number of ketones is 1. The van der Waals surface area contributed by atoms with Crippen LogP contribution in [0.4, 0.5) is 0 Å². The van der Waals surface area contributed by atoms with Crippen LogP contribution in [0.2, 0.25) is 0 Å². The minimum atomic E-state index is -0.433. The summed E-state index contributed by atoms with van der Waals surface area (Å²) in [6.45, 7) is 15.3. The van der Waals surface area contributed by atoms with Gasteiger partial charge in [-0.05, 0) is 39.5 Å². The highest BCUT2D eigenvalue weighted by molar-refractivity contribution is 5.99. The van der Waals surface area contributed by atoms with E-state index >= 15 is 0 Å². The molecule has 0 spiro atoms. The Hall–Kier alpha value is -1.39. The van der Waals surface area contributed by atoms with Gasteiger partial charge in [0.25, 0.3) is 0 Å². The topological polar surface area (TPSA) is 55.8 Å². The molecule has 3 atom stereocenters. The van der Waals surface area contributed by atoms with E-state index in [-0.39, 0.29) is 29.3 Å². The van der Waals surface area contributed by atoms with Gasteiger partial charge in [0.05, 0.1) is 0 Å².